The predicted molar refractivity (Wildman–Crippen MR) is 98.1 cm³/mol. The SMILES string of the molecule is COc1ccc(S(=O)(=O)NCCSc2ccc(Cl)cc2)cc1Br. The normalized spacial score (nSPS) is 11.4. The van der Waals surface area contributed by atoms with Crippen LogP contribution in [0.5, 0.6) is 5.75 Å². The highest BCUT2D eigenvalue weighted by Gasteiger charge is 2.15. The minimum atomic E-state index is -3.54. The molecule has 0 saturated carbocycles. The number of hydrogen-bond donors (Lipinski definition) is 1. The first-order valence-electron chi connectivity index (χ1n) is 6.64. The molecular weight excluding hydrogens is 422 g/mol. The number of nitrogens with one attached hydrogen (secondary N) is 1. The zero-order valence-electron chi connectivity index (χ0n) is 12.3. The van der Waals surface area contributed by atoms with E-state index in [0.29, 0.717) is 27.5 Å². The van der Waals surface area contributed by atoms with Crippen LogP contribution in [0.3, 0.4) is 0 Å². The molecule has 0 spiro atoms. The summed E-state index contributed by atoms with van der Waals surface area (Å²) in [5, 5.41) is 0.681. The summed E-state index contributed by atoms with van der Waals surface area (Å²) in [7, 11) is -2.01. The van der Waals surface area contributed by atoms with Crippen LogP contribution in [0.2, 0.25) is 5.02 Å². The van der Waals surface area contributed by atoms with Crippen molar-refractivity contribution in [1.82, 2.24) is 4.72 Å². The lowest BCUT2D eigenvalue weighted by Gasteiger charge is -2.09. The third-order valence-corrected chi connectivity index (χ3v) is 6.25. The van der Waals surface area contributed by atoms with Gasteiger partial charge in [-0.2, -0.15) is 0 Å². The van der Waals surface area contributed by atoms with Gasteiger partial charge in [0.05, 0.1) is 16.5 Å². The fourth-order valence-corrected chi connectivity index (χ4v) is 4.55. The Bertz CT molecular complexity index is 767. The fraction of sp³-hybridized carbons (Fsp3) is 0.200. The molecule has 0 amide bonds. The third kappa shape index (κ3) is 5.39. The first-order valence-corrected chi connectivity index (χ1v) is 10.3. The Morgan fingerprint density at radius 2 is 1.91 bits per heavy atom. The maximum Gasteiger partial charge on any atom is 0.240 e. The smallest absolute Gasteiger partial charge is 0.240 e. The molecule has 4 nitrogen and oxygen atoms in total. The Labute approximate surface area is 153 Å². The highest BCUT2D eigenvalue weighted by Crippen LogP contribution is 2.27. The molecule has 0 saturated heterocycles. The monoisotopic (exact) mass is 435 g/mol. The number of benzene rings is 2. The number of rotatable bonds is 7. The van der Waals surface area contributed by atoms with Crippen LogP contribution in [0.15, 0.2) is 56.7 Å². The summed E-state index contributed by atoms with van der Waals surface area (Å²) in [4.78, 5) is 1.24. The number of halogens is 2. The van der Waals surface area contributed by atoms with Gasteiger partial charge in [0.2, 0.25) is 10.0 Å². The average Bonchev–Trinajstić information content (AvgIpc) is 2.53. The molecule has 0 aliphatic carbocycles. The van der Waals surface area contributed by atoms with Crippen molar-refractivity contribution in [3.05, 3.63) is 52.0 Å². The van der Waals surface area contributed by atoms with Gasteiger partial charge in [-0.3, -0.25) is 0 Å². The molecule has 0 aliphatic heterocycles. The van der Waals surface area contributed by atoms with Gasteiger partial charge in [-0.25, -0.2) is 13.1 Å². The van der Waals surface area contributed by atoms with E-state index in [1.165, 1.54) is 19.2 Å². The van der Waals surface area contributed by atoms with Crippen molar-refractivity contribution < 1.29 is 13.2 Å². The second kappa shape index (κ2) is 8.39. The minimum absolute atomic E-state index is 0.196. The second-order valence-electron chi connectivity index (χ2n) is 4.50. The van der Waals surface area contributed by atoms with Crippen LogP contribution < -0.4 is 9.46 Å². The van der Waals surface area contributed by atoms with Gasteiger partial charge in [0, 0.05) is 22.2 Å². The number of hydrogen-bond acceptors (Lipinski definition) is 4. The van der Waals surface area contributed by atoms with Gasteiger partial charge in [0.25, 0.3) is 0 Å². The Balaban J connectivity index is 1.91. The van der Waals surface area contributed by atoms with Crippen LogP contribution in [-0.2, 0) is 10.0 Å². The lowest BCUT2D eigenvalue weighted by molar-refractivity contribution is 0.411. The summed E-state index contributed by atoms with van der Waals surface area (Å²) >= 11 is 10.7. The van der Waals surface area contributed by atoms with Gasteiger partial charge in [0.1, 0.15) is 5.75 Å². The third-order valence-electron chi connectivity index (χ3n) is 2.91. The predicted octanol–water partition coefficient (Wildman–Crippen LogP) is 4.18. The molecule has 8 heteroatoms. The van der Waals surface area contributed by atoms with Crippen LogP contribution in [0.4, 0.5) is 0 Å². The number of methoxy groups -OCH3 is 1. The Morgan fingerprint density at radius 1 is 1.22 bits per heavy atom. The summed E-state index contributed by atoms with van der Waals surface area (Å²) in [5.41, 5.74) is 0. The van der Waals surface area contributed by atoms with E-state index in [1.54, 1.807) is 17.8 Å². The fourth-order valence-electron chi connectivity index (χ4n) is 1.77. The van der Waals surface area contributed by atoms with Crippen LogP contribution in [0.1, 0.15) is 0 Å². The Morgan fingerprint density at radius 3 is 2.52 bits per heavy atom. The van der Waals surface area contributed by atoms with Crippen LogP contribution in [0, 0.1) is 0 Å². The van der Waals surface area contributed by atoms with E-state index in [-0.39, 0.29) is 4.90 Å². The molecule has 0 heterocycles. The van der Waals surface area contributed by atoms with Crippen molar-refractivity contribution in [1.29, 1.82) is 0 Å². The number of thioether (sulfide) groups is 1. The Kier molecular flexibility index (Phi) is 6.79. The molecule has 0 unspecified atom stereocenters. The molecule has 2 aromatic carbocycles. The Hall–Kier alpha value is -0.730. The lowest BCUT2D eigenvalue weighted by Crippen LogP contribution is -2.26. The molecule has 23 heavy (non-hydrogen) atoms. The standard InChI is InChI=1S/C15H15BrClNO3S2/c1-21-15-7-6-13(10-14(15)16)23(19,20)18-8-9-22-12-4-2-11(17)3-5-12/h2-7,10,18H,8-9H2,1H3. The van der Waals surface area contributed by atoms with Gasteiger partial charge in [-0.05, 0) is 58.4 Å². The van der Waals surface area contributed by atoms with Gasteiger partial charge in [-0.15, -0.1) is 11.8 Å². The summed E-state index contributed by atoms with van der Waals surface area (Å²) in [6.07, 6.45) is 0. The van der Waals surface area contributed by atoms with Gasteiger partial charge < -0.3 is 4.74 Å². The van der Waals surface area contributed by atoms with Crippen LogP contribution >= 0.6 is 39.3 Å². The van der Waals surface area contributed by atoms with Crippen molar-refractivity contribution in [2.75, 3.05) is 19.4 Å². The zero-order valence-corrected chi connectivity index (χ0v) is 16.2. The second-order valence-corrected chi connectivity index (χ2v) is 8.72. The summed E-state index contributed by atoms with van der Waals surface area (Å²) in [6, 6.07) is 12.1. The molecule has 0 aliphatic rings. The highest BCUT2D eigenvalue weighted by atomic mass is 79.9. The van der Waals surface area contributed by atoms with E-state index in [2.05, 4.69) is 20.7 Å². The minimum Gasteiger partial charge on any atom is -0.496 e. The van der Waals surface area contributed by atoms with Gasteiger partial charge in [0.15, 0.2) is 0 Å². The molecule has 1 N–H and O–H groups in total. The molecule has 0 radical (unpaired) electrons. The van der Waals surface area contributed by atoms with Crippen molar-refractivity contribution in [3.8, 4) is 5.75 Å². The van der Waals surface area contributed by atoms with E-state index in [1.807, 2.05) is 24.3 Å². The quantitative estimate of drug-likeness (QED) is 0.522. The van der Waals surface area contributed by atoms with E-state index < -0.39 is 10.0 Å². The van der Waals surface area contributed by atoms with E-state index in [0.717, 1.165) is 4.90 Å². The zero-order chi connectivity index (χ0) is 16.9. The maximum absolute atomic E-state index is 12.2. The number of ether oxygens (including phenoxy) is 1. The van der Waals surface area contributed by atoms with Gasteiger partial charge in [-0.1, -0.05) is 11.6 Å². The molecule has 0 aromatic heterocycles. The van der Waals surface area contributed by atoms with Crippen LogP contribution in [0.25, 0.3) is 0 Å². The molecule has 0 bridgehead atoms. The van der Waals surface area contributed by atoms with E-state index >= 15 is 0 Å². The molecule has 0 fully saturated rings. The maximum atomic E-state index is 12.2. The molecule has 2 rings (SSSR count). The first-order chi connectivity index (χ1) is 10.9. The van der Waals surface area contributed by atoms with E-state index in [9.17, 15) is 8.42 Å². The average molecular weight is 437 g/mol. The first kappa shape index (κ1) is 18.6. The topological polar surface area (TPSA) is 55.4 Å². The van der Waals surface area contributed by atoms with Crippen molar-refractivity contribution in [2.24, 2.45) is 0 Å². The molecule has 0 atom stereocenters. The van der Waals surface area contributed by atoms with Gasteiger partial charge >= 0.3 is 0 Å². The van der Waals surface area contributed by atoms with Crippen molar-refractivity contribution in [2.45, 2.75) is 9.79 Å². The van der Waals surface area contributed by atoms with Crippen LogP contribution in [-0.4, -0.2) is 27.8 Å². The highest BCUT2D eigenvalue weighted by molar-refractivity contribution is 9.10. The summed E-state index contributed by atoms with van der Waals surface area (Å²) < 4.78 is 32.8. The molecule has 124 valence electrons. The lowest BCUT2D eigenvalue weighted by atomic mass is 10.3. The summed E-state index contributed by atoms with van der Waals surface area (Å²) in [5.74, 6) is 1.21. The number of sulfonamides is 1. The van der Waals surface area contributed by atoms with Crippen molar-refractivity contribution in [3.63, 3.8) is 0 Å². The molecular formula is C15H15BrClNO3S2. The van der Waals surface area contributed by atoms with E-state index in [4.69, 9.17) is 16.3 Å². The molecule has 2 aromatic rings. The summed E-state index contributed by atoms with van der Waals surface area (Å²) in [6.45, 7) is 0.333. The largest absolute Gasteiger partial charge is 0.496 e. The van der Waals surface area contributed by atoms with Crippen molar-refractivity contribution >= 4 is 49.3 Å².